The maximum absolute atomic E-state index is 12.5. The molecule has 0 aliphatic carbocycles. The monoisotopic (exact) mass is 320 g/mol. The summed E-state index contributed by atoms with van der Waals surface area (Å²) >= 11 is 0. The molecule has 0 saturated carbocycles. The van der Waals surface area contributed by atoms with Gasteiger partial charge in [0.2, 0.25) is 0 Å². The van der Waals surface area contributed by atoms with Crippen molar-refractivity contribution in [2.24, 2.45) is 0 Å². The molecule has 1 atom stereocenters. The van der Waals surface area contributed by atoms with E-state index in [1.807, 2.05) is 67.5 Å². The summed E-state index contributed by atoms with van der Waals surface area (Å²) in [4.78, 5) is 16.3. The Morgan fingerprint density at radius 2 is 1.92 bits per heavy atom. The third-order valence-corrected chi connectivity index (χ3v) is 4.37. The Bertz CT molecular complexity index is 779. The summed E-state index contributed by atoms with van der Waals surface area (Å²) in [6.45, 7) is 0.698. The van der Waals surface area contributed by atoms with Crippen LogP contribution in [0.4, 0.5) is 11.4 Å². The highest BCUT2D eigenvalue weighted by molar-refractivity contribution is 6.01. The Morgan fingerprint density at radius 3 is 2.62 bits per heavy atom. The van der Waals surface area contributed by atoms with Gasteiger partial charge in [-0.2, -0.15) is 5.26 Å². The summed E-state index contributed by atoms with van der Waals surface area (Å²) in [7, 11) is 3.78. The first kappa shape index (κ1) is 15.9. The van der Waals surface area contributed by atoms with Gasteiger partial charge < -0.3 is 15.1 Å². The van der Waals surface area contributed by atoms with Crippen molar-refractivity contribution in [1.29, 1.82) is 5.26 Å². The molecule has 5 heteroatoms. The van der Waals surface area contributed by atoms with Gasteiger partial charge in [0.1, 0.15) is 6.17 Å². The largest absolute Gasteiger partial charge is 0.374 e. The number of carbonyl (C=O) groups excluding carboxylic acids is 1. The highest BCUT2D eigenvalue weighted by atomic mass is 16.2. The lowest BCUT2D eigenvalue weighted by Gasteiger charge is -2.35. The van der Waals surface area contributed by atoms with E-state index in [4.69, 9.17) is 5.26 Å². The van der Waals surface area contributed by atoms with E-state index in [2.05, 4.69) is 11.4 Å². The third-order valence-electron chi connectivity index (χ3n) is 4.37. The number of nitrogens with one attached hydrogen (secondary N) is 1. The van der Waals surface area contributed by atoms with Crippen LogP contribution in [0.1, 0.15) is 28.5 Å². The number of amides is 1. The van der Waals surface area contributed by atoms with Gasteiger partial charge in [-0.05, 0) is 29.8 Å². The molecule has 2 aromatic rings. The van der Waals surface area contributed by atoms with E-state index < -0.39 is 0 Å². The van der Waals surface area contributed by atoms with Crippen molar-refractivity contribution in [3.8, 4) is 6.07 Å². The Kier molecular flexibility index (Phi) is 4.39. The second kappa shape index (κ2) is 6.63. The van der Waals surface area contributed by atoms with Crippen LogP contribution in [0.15, 0.2) is 48.5 Å². The van der Waals surface area contributed by atoms with E-state index >= 15 is 0 Å². The minimum absolute atomic E-state index is 0.0181. The molecule has 0 saturated heterocycles. The topological polar surface area (TPSA) is 59.4 Å². The van der Waals surface area contributed by atoms with Crippen molar-refractivity contribution < 1.29 is 4.79 Å². The molecule has 1 N–H and O–H groups in total. The SMILES string of the molecule is CN(CCC#N)c1ccc([C@@H]2Nc3ccccc3C(=O)N2C)cc1. The zero-order valence-electron chi connectivity index (χ0n) is 13.9. The van der Waals surface area contributed by atoms with E-state index in [9.17, 15) is 4.79 Å². The van der Waals surface area contributed by atoms with E-state index in [0.717, 1.165) is 16.9 Å². The fourth-order valence-corrected chi connectivity index (χ4v) is 2.91. The predicted molar refractivity (Wildman–Crippen MR) is 94.8 cm³/mol. The summed E-state index contributed by atoms with van der Waals surface area (Å²) in [5.74, 6) is 0.0181. The van der Waals surface area contributed by atoms with Crippen LogP contribution in [0.3, 0.4) is 0 Å². The van der Waals surface area contributed by atoms with Crippen molar-refractivity contribution in [2.45, 2.75) is 12.6 Å². The molecule has 24 heavy (non-hydrogen) atoms. The predicted octanol–water partition coefficient (Wildman–Crippen LogP) is 3.23. The molecule has 3 rings (SSSR count). The van der Waals surface area contributed by atoms with Crippen LogP contribution in [0.5, 0.6) is 0 Å². The molecule has 1 aliphatic heterocycles. The first-order chi connectivity index (χ1) is 11.6. The summed E-state index contributed by atoms with van der Waals surface area (Å²) in [5, 5.41) is 12.1. The van der Waals surface area contributed by atoms with E-state index in [-0.39, 0.29) is 12.1 Å². The van der Waals surface area contributed by atoms with Crippen LogP contribution < -0.4 is 10.2 Å². The fourth-order valence-electron chi connectivity index (χ4n) is 2.91. The lowest BCUT2D eigenvalue weighted by Crippen LogP contribution is -2.40. The minimum atomic E-state index is -0.189. The Morgan fingerprint density at radius 1 is 1.21 bits per heavy atom. The number of hydrogen-bond donors (Lipinski definition) is 1. The molecular formula is C19H20N4O. The second-order valence-electron chi connectivity index (χ2n) is 5.93. The number of para-hydroxylation sites is 1. The third kappa shape index (κ3) is 2.91. The molecule has 0 radical (unpaired) electrons. The lowest BCUT2D eigenvalue weighted by atomic mass is 10.0. The fraction of sp³-hybridized carbons (Fsp3) is 0.263. The molecular weight excluding hydrogens is 300 g/mol. The number of rotatable bonds is 4. The van der Waals surface area contributed by atoms with Crippen LogP contribution >= 0.6 is 0 Å². The average Bonchev–Trinajstić information content (AvgIpc) is 2.63. The minimum Gasteiger partial charge on any atom is -0.374 e. The molecule has 0 fully saturated rings. The first-order valence-corrected chi connectivity index (χ1v) is 7.92. The number of carbonyl (C=O) groups is 1. The number of nitrogens with zero attached hydrogens (tertiary/aromatic N) is 3. The standard InChI is InChI=1S/C19H20N4O/c1-22(13-5-12-20)15-10-8-14(9-11-15)18-21-17-7-4-3-6-16(17)19(24)23(18)2/h3-4,6-11,18,21H,5,13H2,1-2H3/t18-/m1/s1. The normalized spacial score (nSPS) is 16.1. The van der Waals surface area contributed by atoms with Crippen molar-refractivity contribution in [1.82, 2.24) is 4.90 Å². The molecule has 1 heterocycles. The van der Waals surface area contributed by atoms with Gasteiger partial charge in [-0.1, -0.05) is 24.3 Å². The number of benzene rings is 2. The number of nitriles is 1. The highest BCUT2D eigenvalue weighted by Gasteiger charge is 2.29. The van der Waals surface area contributed by atoms with Crippen molar-refractivity contribution >= 4 is 17.3 Å². The molecule has 1 amide bonds. The number of anilines is 2. The average molecular weight is 320 g/mol. The van der Waals surface area contributed by atoms with Gasteiger partial charge in [0.25, 0.3) is 5.91 Å². The van der Waals surface area contributed by atoms with Gasteiger partial charge in [-0.15, -0.1) is 0 Å². The zero-order chi connectivity index (χ0) is 17.1. The van der Waals surface area contributed by atoms with Gasteiger partial charge in [0.05, 0.1) is 18.1 Å². The van der Waals surface area contributed by atoms with Crippen LogP contribution in [-0.2, 0) is 0 Å². The molecule has 0 unspecified atom stereocenters. The Balaban J connectivity index is 1.82. The second-order valence-corrected chi connectivity index (χ2v) is 5.93. The zero-order valence-corrected chi connectivity index (χ0v) is 13.9. The maximum Gasteiger partial charge on any atom is 0.257 e. The molecule has 0 bridgehead atoms. The van der Waals surface area contributed by atoms with Gasteiger partial charge in [0.15, 0.2) is 0 Å². The van der Waals surface area contributed by atoms with Gasteiger partial charge in [-0.25, -0.2) is 0 Å². The smallest absolute Gasteiger partial charge is 0.257 e. The summed E-state index contributed by atoms with van der Waals surface area (Å²) in [6.07, 6.45) is 0.307. The van der Waals surface area contributed by atoms with Crippen molar-refractivity contribution in [2.75, 3.05) is 30.9 Å². The molecule has 0 aromatic heterocycles. The van der Waals surface area contributed by atoms with Crippen molar-refractivity contribution in [3.05, 3.63) is 59.7 Å². The Hall–Kier alpha value is -3.00. The maximum atomic E-state index is 12.5. The molecule has 5 nitrogen and oxygen atoms in total. The van der Waals surface area contributed by atoms with E-state index in [0.29, 0.717) is 18.5 Å². The molecule has 1 aliphatic rings. The van der Waals surface area contributed by atoms with Gasteiger partial charge >= 0.3 is 0 Å². The van der Waals surface area contributed by atoms with E-state index in [1.54, 1.807) is 4.90 Å². The molecule has 122 valence electrons. The van der Waals surface area contributed by atoms with Crippen LogP contribution in [0, 0.1) is 11.3 Å². The van der Waals surface area contributed by atoms with Crippen LogP contribution in [-0.4, -0.2) is 31.4 Å². The van der Waals surface area contributed by atoms with Gasteiger partial charge in [-0.3, -0.25) is 4.79 Å². The summed E-state index contributed by atoms with van der Waals surface area (Å²) in [5.41, 5.74) is 3.64. The van der Waals surface area contributed by atoms with Crippen LogP contribution in [0.25, 0.3) is 0 Å². The molecule has 2 aromatic carbocycles. The highest BCUT2D eigenvalue weighted by Crippen LogP contribution is 2.32. The molecule has 0 spiro atoms. The van der Waals surface area contributed by atoms with E-state index in [1.165, 1.54) is 0 Å². The Labute approximate surface area is 142 Å². The summed E-state index contributed by atoms with van der Waals surface area (Å²) < 4.78 is 0. The number of fused-ring (bicyclic) bond motifs is 1. The first-order valence-electron chi connectivity index (χ1n) is 7.92. The summed E-state index contributed by atoms with van der Waals surface area (Å²) in [6, 6.07) is 17.8. The van der Waals surface area contributed by atoms with Crippen molar-refractivity contribution in [3.63, 3.8) is 0 Å². The number of hydrogen-bond acceptors (Lipinski definition) is 4. The lowest BCUT2D eigenvalue weighted by molar-refractivity contribution is 0.0735. The quantitative estimate of drug-likeness (QED) is 0.939. The van der Waals surface area contributed by atoms with Gasteiger partial charge in [0, 0.05) is 32.0 Å². The van der Waals surface area contributed by atoms with Crippen LogP contribution in [0.2, 0.25) is 0 Å².